The number of benzene rings is 2. The van der Waals surface area contributed by atoms with E-state index in [9.17, 15) is 13.6 Å². The molecule has 2 aromatic rings. The van der Waals surface area contributed by atoms with Gasteiger partial charge in [0.2, 0.25) is 0 Å². The Labute approximate surface area is 150 Å². The van der Waals surface area contributed by atoms with Gasteiger partial charge in [-0.05, 0) is 44.2 Å². The third kappa shape index (κ3) is 4.90. The Morgan fingerprint density at radius 3 is 2.56 bits per heavy atom. The second kappa shape index (κ2) is 8.27. The van der Waals surface area contributed by atoms with Gasteiger partial charge >= 0.3 is 0 Å². The van der Waals surface area contributed by atoms with Crippen molar-refractivity contribution in [2.75, 3.05) is 12.4 Å². The first kappa shape index (κ1) is 19.1. The second-order valence-electron chi connectivity index (χ2n) is 5.77. The van der Waals surface area contributed by atoms with Gasteiger partial charge in [-0.25, -0.2) is 8.78 Å². The lowest BCUT2D eigenvalue weighted by Gasteiger charge is -2.18. The van der Waals surface area contributed by atoms with Crippen LogP contribution in [0.2, 0.25) is 5.02 Å². The molecule has 2 rings (SSSR count). The molecular formula is C18H20ClF2N2O2+. The van der Waals surface area contributed by atoms with Gasteiger partial charge < -0.3 is 15.4 Å². The number of carbonyl (C=O) groups excluding carboxylic acids is 1. The quantitative estimate of drug-likeness (QED) is 0.821. The Morgan fingerprint density at radius 2 is 1.92 bits per heavy atom. The fourth-order valence-corrected chi connectivity index (χ4v) is 2.69. The number of amides is 1. The van der Waals surface area contributed by atoms with Gasteiger partial charge in [0, 0.05) is 16.7 Å². The minimum atomic E-state index is -0.632. The number of hydrogen-bond donors (Lipinski definition) is 2. The molecule has 0 aliphatic carbocycles. The average Bonchev–Trinajstić information content (AvgIpc) is 2.54. The molecule has 0 unspecified atom stereocenters. The van der Waals surface area contributed by atoms with Crippen molar-refractivity contribution < 1.29 is 23.6 Å². The second-order valence-corrected chi connectivity index (χ2v) is 6.21. The molecule has 7 heteroatoms. The highest BCUT2D eigenvalue weighted by atomic mass is 35.5. The molecule has 0 aliphatic heterocycles. The van der Waals surface area contributed by atoms with Crippen molar-refractivity contribution in [2.45, 2.75) is 25.9 Å². The highest BCUT2D eigenvalue weighted by molar-refractivity contribution is 6.31. The maximum atomic E-state index is 13.9. The van der Waals surface area contributed by atoms with Crippen molar-refractivity contribution in [3.05, 3.63) is 58.6 Å². The highest BCUT2D eigenvalue weighted by Gasteiger charge is 2.23. The van der Waals surface area contributed by atoms with Crippen LogP contribution in [0.15, 0.2) is 36.4 Å². The molecule has 2 aromatic carbocycles. The summed E-state index contributed by atoms with van der Waals surface area (Å²) in [7, 11) is 1.49. The van der Waals surface area contributed by atoms with Crippen LogP contribution in [0.1, 0.15) is 25.5 Å². The van der Waals surface area contributed by atoms with E-state index in [0.29, 0.717) is 22.0 Å². The number of ether oxygens (including phenoxy) is 1. The summed E-state index contributed by atoms with van der Waals surface area (Å²) in [6, 6.07) is 7.45. The normalized spacial score (nSPS) is 13.2. The maximum absolute atomic E-state index is 13.9. The van der Waals surface area contributed by atoms with E-state index in [1.54, 1.807) is 37.4 Å². The van der Waals surface area contributed by atoms with Gasteiger partial charge in [-0.1, -0.05) is 11.6 Å². The summed E-state index contributed by atoms with van der Waals surface area (Å²) in [5, 5.41) is 4.91. The third-order valence-corrected chi connectivity index (χ3v) is 4.10. The van der Waals surface area contributed by atoms with Crippen molar-refractivity contribution in [2.24, 2.45) is 0 Å². The molecule has 1 amide bonds. The molecule has 0 fully saturated rings. The van der Waals surface area contributed by atoms with Crippen LogP contribution in [0.25, 0.3) is 0 Å². The zero-order valence-electron chi connectivity index (χ0n) is 14.1. The maximum Gasteiger partial charge on any atom is 0.282 e. The molecule has 2 atom stereocenters. The molecule has 0 aliphatic rings. The van der Waals surface area contributed by atoms with Gasteiger partial charge in [-0.2, -0.15) is 0 Å². The monoisotopic (exact) mass is 369 g/mol. The molecule has 0 saturated heterocycles. The van der Waals surface area contributed by atoms with Gasteiger partial charge in [0.15, 0.2) is 6.04 Å². The van der Waals surface area contributed by atoms with Crippen LogP contribution >= 0.6 is 11.6 Å². The predicted molar refractivity (Wildman–Crippen MR) is 92.8 cm³/mol. The Hall–Kier alpha value is -2.18. The lowest BCUT2D eigenvalue weighted by Crippen LogP contribution is -2.91. The summed E-state index contributed by atoms with van der Waals surface area (Å²) in [6.07, 6.45) is 0. The molecule has 0 heterocycles. The third-order valence-electron chi connectivity index (χ3n) is 3.86. The van der Waals surface area contributed by atoms with Crippen LogP contribution in [-0.4, -0.2) is 19.1 Å². The molecule has 134 valence electrons. The summed E-state index contributed by atoms with van der Waals surface area (Å²) in [5.74, 6) is -1.06. The number of halogens is 3. The topological polar surface area (TPSA) is 54.9 Å². The van der Waals surface area contributed by atoms with E-state index in [1.165, 1.54) is 19.2 Å². The molecule has 0 spiro atoms. The van der Waals surface area contributed by atoms with Crippen LogP contribution in [0.5, 0.6) is 5.75 Å². The summed E-state index contributed by atoms with van der Waals surface area (Å²) in [4.78, 5) is 12.4. The average molecular weight is 370 g/mol. The van der Waals surface area contributed by atoms with E-state index in [1.807, 2.05) is 0 Å². The number of rotatable bonds is 6. The Kier molecular flexibility index (Phi) is 6.33. The fraction of sp³-hybridized carbons (Fsp3) is 0.278. The Morgan fingerprint density at radius 1 is 1.20 bits per heavy atom. The highest BCUT2D eigenvalue weighted by Crippen LogP contribution is 2.27. The van der Waals surface area contributed by atoms with E-state index < -0.39 is 17.7 Å². The molecule has 25 heavy (non-hydrogen) atoms. The van der Waals surface area contributed by atoms with Crippen molar-refractivity contribution in [3.63, 3.8) is 0 Å². The lowest BCUT2D eigenvalue weighted by atomic mass is 10.1. The van der Waals surface area contributed by atoms with Crippen LogP contribution in [0.4, 0.5) is 14.5 Å². The van der Waals surface area contributed by atoms with Crippen LogP contribution in [0, 0.1) is 11.6 Å². The zero-order chi connectivity index (χ0) is 18.6. The first-order valence-corrected chi connectivity index (χ1v) is 8.14. The van der Waals surface area contributed by atoms with Crippen LogP contribution in [-0.2, 0) is 4.79 Å². The number of nitrogens with one attached hydrogen (secondary N) is 1. The van der Waals surface area contributed by atoms with Gasteiger partial charge in [-0.15, -0.1) is 0 Å². The van der Waals surface area contributed by atoms with Gasteiger partial charge in [0.25, 0.3) is 5.91 Å². The zero-order valence-corrected chi connectivity index (χ0v) is 14.9. The molecule has 4 nitrogen and oxygen atoms in total. The van der Waals surface area contributed by atoms with Crippen molar-refractivity contribution in [3.8, 4) is 5.75 Å². The standard InChI is InChI=1S/C18H19ClF2N2O2/c1-10(14-6-5-13(20)9-15(14)21)22-11(2)18(24)23-16-8-12(19)4-7-17(16)25-3/h4-11,22H,1-3H3,(H,23,24)/p+1/t10-,11-/m1/s1. The van der Waals surface area contributed by atoms with E-state index in [-0.39, 0.29) is 11.9 Å². The number of nitrogens with two attached hydrogens (primary N) is 1. The van der Waals surface area contributed by atoms with Crippen LogP contribution in [0.3, 0.4) is 0 Å². The summed E-state index contributed by atoms with van der Waals surface area (Å²) >= 11 is 5.94. The molecule has 0 bridgehead atoms. The molecule has 3 N–H and O–H groups in total. The molecule has 0 saturated carbocycles. The smallest absolute Gasteiger partial charge is 0.282 e. The van der Waals surface area contributed by atoms with E-state index in [0.717, 1.165) is 6.07 Å². The number of hydrogen-bond acceptors (Lipinski definition) is 2. The summed E-state index contributed by atoms with van der Waals surface area (Å²) < 4.78 is 32.1. The van der Waals surface area contributed by atoms with Gasteiger partial charge in [0.1, 0.15) is 23.4 Å². The Bertz CT molecular complexity index is 771. The molecule has 0 radical (unpaired) electrons. The van der Waals surface area contributed by atoms with Gasteiger partial charge in [0.05, 0.1) is 12.8 Å². The minimum Gasteiger partial charge on any atom is -0.495 e. The molecular weight excluding hydrogens is 350 g/mol. The summed E-state index contributed by atoms with van der Waals surface area (Å²) in [5.41, 5.74) is 0.794. The first-order valence-electron chi connectivity index (χ1n) is 7.76. The van der Waals surface area contributed by atoms with E-state index in [4.69, 9.17) is 16.3 Å². The van der Waals surface area contributed by atoms with Crippen molar-refractivity contribution in [1.82, 2.24) is 0 Å². The largest absolute Gasteiger partial charge is 0.495 e. The Balaban J connectivity index is 2.06. The molecule has 0 aromatic heterocycles. The first-order chi connectivity index (χ1) is 11.8. The fourth-order valence-electron chi connectivity index (χ4n) is 2.52. The van der Waals surface area contributed by atoms with Crippen molar-refractivity contribution in [1.29, 1.82) is 0 Å². The number of anilines is 1. The van der Waals surface area contributed by atoms with Gasteiger partial charge in [-0.3, -0.25) is 4.79 Å². The number of methoxy groups -OCH3 is 1. The van der Waals surface area contributed by atoms with E-state index >= 15 is 0 Å². The van der Waals surface area contributed by atoms with Crippen LogP contribution < -0.4 is 15.4 Å². The number of quaternary nitrogens is 1. The van der Waals surface area contributed by atoms with E-state index in [2.05, 4.69) is 5.32 Å². The van der Waals surface area contributed by atoms with Crippen molar-refractivity contribution >= 4 is 23.2 Å². The number of carbonyl (C=O) groups is 1. The minimum absolute atomic E-state index is 0.282. The lowest BCUT2D eigenvalue weighted by molar-refractivity contribution is -0.710. The summed E-state index contributed by atoms with van der Waals surface area (Å²) in [6.45, 7) is 3.45. The predicted octanol–water partition coefficient (Wildman–Crippen LogP) is 3.28. The SMILES string of the molecule is COc1ccc(Cl)cc1NC(=O)[C@@H](C)[NH2+][C@H](C)c1ccc(F)cc1F.